The zero-order valence-electron chi connectivity index (χ0n) is 22.0. The van der Waals surface area contributed by atoms with Gasteiger partial charge in [-0.25, -0.2) is 9.37 Å². The number of pyridine rings is 2. The summed E-state index contributed by atoms with van der Waals surface area (Å²) < 4.78 is 25.2. The van der Waals surface area contributed by atoms with Crippen molar-refractivity contribution in [3.8, 4) is 22.8 Å². The second-order valence-electron chi connectivity index (χ2n) is 10.4. The van der Waals surface area contributed by atoms with Crippen LogP contribution >= 0.6 is 0 Å². The highest BCUT2D eigenvalue weighted by molar-refractivity contribution is 6.01. The van der Waals surface area contributed by atoms with Crippen LogP contribution < -0.4 is 9.47 Å². The Kier molecular flexibility index (Phi) is 6.65. The predicted molar refractivity (Wildman–Crippen MR) is 144 cm³/mol. The summed E-state index contributed by atoms with van der Waals surface area (Å²) in [5.41, 5.74) is 2.23. The Bertz CT molecular complexity index is 1520. The number of carbonyl (C=O) groups is 1. The number of hydrogen-bond donors (Lipinski definition) is 1. The molecule has 1 unspecified atom stereocenters. The van der Waals surface area contributed by atoms with Crippen LogP contribution in [0.15, 0.2) is 60.8 Å². The summed E-state index contributed by atoms with van der Waals surface area (Å²) in [5.74, 6) is 0.734. The number of fused-ring (bicyclic) bond motifs is 2. The minimum atomic E-state index is -1.39. The van der Waals surface area contributed by atoms with Crippen LogP contribution in [-0.4, -0.2) is 34.6 Å². The number of hydrogen-bond acceptors (Lipinski definition) is 6. The second-order valence-corrected chi connectivity index (χ2v) is 10.4. The fourth-order valence-electron chi connectivity index (χ4n) is 4.91. The van der Waals surface area contributed by atoms with E-state index in [9.17, 15) is 14.3 Å². The highest BCUT2D eigenvalue weighted by atomic mass is 19.1. The Labute approximate surface area is 221 Å². The summed E-state index contributed by atoms with van der Waals surface area (Å²) in [6, 6.07) is 15.2. The average molecular weight is 515 g/mol. The number of ketones is 1. The van der Waals surface area contributed by atoms with Crippen LogP contribution in [0.1, 0.15) is 61.6 Å². The third kappa shape index (κ3) is 4.63. The lowest BCUT2D eigenvalue weighted by Gasteiger charge is -2.26. The van der Waals surface area contributed by atoms with Gasteiger partial charge in [0.05, 0.1) is 19.4 Å². The van der Waals surface area contributed by atoms with E-state index >= 15 is 0 Å². The molecule has 1 aliphatic heterocycles. The Morgan fingerprint density at radius 3 is 2.68 bits per heavy atom. The van der Waals surface area contributed by atoms with Crippen LogP contribution in [0.2, 0.25) is 0 Å². The summed E-state index contributed by atoms with van der Waals surface area (Å²) in [4.78, 5) is 22.4. The molecule has 2 atom stereocenters. The van der Waals surface area contributed by atoms with Gasteiger partial charge in [0.1, 0.15) is 34.1 Å². The molecule has 1 N–H and O–H groups in total. The molecule has 38 heavy (non-hydrogen) atoms. The molecule has 196 valence electrons. The normalized spacial score (nSPS) is 18.1. The summed E-state index contributed by atoms with van der Waals surface area (Å²) in [7, 11) is 1.55. The van der Waals surface area contributed by atoms with E-state index < -0.39 is 5.60 Å². The number of Topliss-reactive ketones (excluding diaryl/α,β-unsaturated/α-hetero) is 1. The third-order valence-electron chi connectivity index (χ3n) is 7.66. The van der Waals surface area contributed by atoms with E-state index in [1.165, 1.54) is 12.1 Å². The molecule has 0 amide bonds. The van der Waals surface area contributed by atoms with Gasteiger partial charge >= 0.3 is 0 Å². The fraction of sp³-hybridized carbons (Fsp3) is 0.323. The quantitative estimate of drug-likeness (QED) is 0.275. The topological polar surface area (TPSA) is 81.5 Å². The van der Waals surface area contributed by atoms with Crippen molar-refractivity contribution in [1.82, 2.24) is 9.97 Å². The number of rotatable bonds is 8. The van der Waals surface area contributed by atoms with Gasteiger partial charge in [-0.15, -0.1) is 0 Å². The average Bonchev–Trinajstić information content (AvgIpc) is 3.28. The Morgan fingerprint density at radius 2 is 1.97 bits per heavy atom. The minimum Gasteiger partial charge on any atom is -0.494 e. The molecule has 4 aromatic rings. The molecule has 3 heterocycles. The number of halogens is 1. The van der Waals surface area contributed by atoms with Crippen molar-refractivity contribution >= 4 is 16.7 Å². The molecule has 0 spiro atoms. The molecule has 0 bridgehead atoms. The van der Waals surface area contributed by atoms with Gasteiger partial charge in [0.15, 0.2) is 5.78 Å². The molecule has 5 rings (SSSR count). The van der Waals surface area contributed by atoms with Crippen molar-refractivity contribution in [3.05, 3.63) is 83.4 Å². The maximum Gasteiger partial charge on any atom is 0.163 e. The molecular weight excluding hydrogens is 483 g/mol. The first kappa shape index (κ1) is 25.8. The van der Waals surface area contributed by atoms with Crippen LogP contribution in [0.3, 0.4) is 0 Å². The number of aliphatic hydroxyl groups is 1. The highest BCUT2D eigenvalue weighted by Gasteiger charge is 2.39. The Balaban J connectivity index is 1.47. The molecule has 0 aliphatic carbocycles. The molecule has 0 saturated heterocycles. The van der Waals surface area contributed by atoms with E-state index in [0.29, 0.717) is 46.1 Å². The van der Waals surface area contributed by atoms with E-state index in [1.54, 1.807) is 44.5 Å². The zero-order valence-corrected chi connectivity index (χ0v) is 22.0. The van der Waals surface area contributed by atoms with Gasteiger partial charge in [0.2, 0.25) is 0 Å². The first-order valence-corrected chi connectivity index (χ1v) is 12.8. The second kappa shape index (κ2) is 9.80. The van der Waals surface area contributed by atoms with Crippen molar-refractivity contribution in [2.45, 2.75) is 51.0 Å². The number of carbonyl (C=O) groups excluding carboxylic acids is 1. The summed E-state index contributed by atoms with van der Waals surface area (Å²) in [6.07, 6.45) is 2.79. The van der Waals surface area contributed by atoms with Gasteiger partial charge in [0, 0.05) is 40.1 Å². The Morgan fingerprint density at radius 1 is 1.21 bits per heavy atom. The summed E-state index contributed by atoms with van der Waals surface area (Å²) in [5, 5.41) is 12.4. The Hall–Kier alpha value is -3.84. The number of methoxy groups -OCH3 is 1. The number of aromatic nitrogens is 2. The molecule has 0 saturated carbocycles. The largest absolute Gasteiger partial charge is 0.494 e. The van der Waals surface area contributed by atoms with Crippen LogP contribution in [-0.2, 0) is 11.0 Å². The molecular formula is C31H31FN2O4. The van der Waals surface area contributed by atoms with E-state index in [0.717, 1.165) is 17.4 Å². The van der Waals surface area contributed by atoms with E-state index in [2.05, 4.69) is 18.8 Å². The molecule has 2 aromatic heterocycles. The SMILES string of the molecule is CC[C@@]1(C)COc2c1cc(C(C)(O)CCC(=O)c1cc(OC)c3ncccc3c1)nc2-c1ccc(F)cc1. The molecule has 0 radical (unpaired) electrons. The molecule has 7 heteroatoms. The van der Waals surface area contributed by atoms with E-state index in [-0.39, 0.29) is 29.9 Å². The first-order valence-electron chi connectivity index (χ1n) is 12.8. The lowest BCUT2D eigenvalue weighted by molar-refractivity contribution is 0.0396. The van der Waals surface area contributed by atoms with Crippen molar-refractivity contribution in [3.63, 3.8) is 0 Å². The molecule has 2 aromatic carbocycles. The lowest BCUT2D eigenvalue weighted by atomic mass is 9.80. The number of ether oxygens (including phenoxy) is 2. The van der Waals surface area contributed by atoms with E-state index in [4.69, 9.17) is 14.5 Å². The van der Waals surface area contributed by atoms with Crippen LogP contribution in [0.4, 0.5) is 4.39 Å². The van der Waals surface area contributed by atoms with Gasteiger partial charge in [-0.3, -0.25) is 9.78 Å². The summed E-state index contributed by atoms with van der Waals surface area (Å²) >= 11 is 0. The van der Waals surface area contributed by atoms with Crippen LogP contribution in [0, 0.1) is 5.82 Å². The summed E-state index contributed by atoms with van der Waals surface area (Å²) in [6.45, 7) is 6.39. The van der Waals surface area contributed by atoms with Crippen molar-refractivity contribution in [1.29, 1.82) is 0 Å². The smallest absolute Gasteiger partial charge is 0.163 e. The molecule has 0 fully saturated rings. The van der Waals surface area contributed by atoms with Gasteiger partial charge in [-0.05, 0) is 68.3 Å². The van der Waals surface area contributed by atoms with Gasteiger partial charge in [0.25, 0.3) is 0 Å². The maximum absolute atomic E-state index is 13.6. The third-order valence-corrected chi connectivity index (χ3v) is 7.66. The van der Waals surface area contributed by atoms with Crippen molar-refractivity contribution < 1.29 is 23.8 Å². The predicted octanol–water partition coefficient (Wildman–Crippen LogP) is 6.38. The van der Waals surface area contributed by atoms with Crippen LogP contribution in [0.5, 0.6) is 11.5 Å². The van der Waals surface area contributed by atoms with Crippen LogP contribution in [0.25, 0.3) is 22.2 Å². The molecule has 6 nitrogen and oxygen atoms in total. The minimum absolute atomic E-state index is 0.105. The fourth-order valence-corrected chi connectivity index (χ4v) is 4.91. The monoisotopic (exact) mass is 514 g/mol. The lowest BCUT2D eigenvalue weighted by Crippen LogP contribution is -2.26. The van der Waals surface area contributed by atoms with Crippen molar-refractivity contribution in [2.24, 2.45) is 0 Å². The number of nitrogens with zero attached hydrogens (tertiary/aromatic N) is 2. The standard InChI is InChI=1S/C31H31FN2O4/c1-5-30(2)18-38-29-23(30)17-26(34-28(29)19-8-10-22(32)11-9-19)31(3,36)13-12-24(35)21-15-20-7-6-14-33-27(20)25(16-21)37-4/h6-11,14-17,36H,5,12-13,18H2,1-4H3/t30-,31?/m0/s1. The van der Waals surface area contributed by atoms with Gasteiger partial charge in [-0.1, -0.05) is 19.9 Å². The first-order chi connectivity index (χ1) is 18.1. The maximum atomic E-state index is 13.6. The van der Waals surface area contributed by atoms with Gasteiger partial charge in [-0.2, -0.15) is 0 Å². The van der Waals surface area contributed by atoms with E-state index in [1.807, 2.05) is 18.2 Å². The van der Waals surface area contributed by atoms with Gasteiger partial charge < -0.3 is 14.6 Å². The van der Waals surface area contributed by atoms with Crippen molar-refractivity contribution in [2.75, 3.05) is 13.7 Å². The number of benzene rings is 2. The molecule has 1 aliphatic rings. The zero-order chi connectivity index (χ0) is 27.1. The highest BCUT2D eigenvalue weighted by Crippen LogP contribution is 2.47.